The molecule has 0 radical (unpaired) electrons. The van der Waals surface area contributed by atoms with Crippen molar-refractivity contribution < 1.29 is 14.3 Å². The van der Waals surface area contributed by atoms with Crippen molar-refractivity contribution in [3.63, 3.8) is 0 Å². The molecular formula is C15H18BNO3. The second-order valence-electron chi connectivity index (χ2n) is 6.32. The van der Waals surface area contributed by atoms with Crippen LogP contribution in [0.2, 0.25) is 0 Å². The van der Waals surface area contributed by atoms with Crippen LogP contribution in [0.4, 0.5) is 4.79 Å². The number of carbonyl (C=O) groups is 2. The quantitative estimate of drug-likeness (QED) is 0.763. The normalized spacial score (nSPS) is 31.0. The third-order valence-electron chi connectivity index (χ3n) is 4.58. The molecule has 4 nitrogen and oxygen atoms in total. The van der Waals surface area contributed by atoms with Crippen molar-refractivity contribution in [3.05, 3.63) is 35.9 Å². The van der Waals surface area contributed by atoms with Crippen LogP contribution in [0.15, 0.2) is 30.3 Å². The molecular weight excluding hydrogens is 253 g/mol. The van der Waals surface area contributed by atoms with E-state index >= 15 is 0 Å². The standard InChI is InChI=1S/C15H18BNO3/c1-15(2)11(9-6-4-3-5-7-9)12(15)13(18)17-10(16)8-20-14(17)19/h3-7,10-12H,8,16H2,1-2H3/t10-,11-,12+/m1/s1. The number of amides is 2. The van der Waals surface area contributed by atoms with E-state index in [1.54, 1.807) is 0 Å². The Kier molecular flexibility index (Phi) is 2.89. The van der Waals surface area contributed by atoms with Crippen LogP contribution >= 0.6 is 0 Å². The average Bonchev–Trinajstić information content (AvgIpc) is 2.84. The minimum absolute atomic E-state index is 0.0983. The van der Waals surface area contributed by atoms with E-state index in [0.29, 0.717) is 6.61 Å². The summed E-state index contributed by atoms with van der Waals surface area (Å²) in [4.78, 5) is 25.6. The molecule has 2 aliphatic rings. The van der Waals surface area contributed by atoms with Gasteiger partial charge in [-0.05, 0) is 11.0 Å². The fourth-order valence-electron chi connectivity index (χ4n) is 3.35. The number of cyclic esters (lactones) is 1. The van der Waals surface area contributed by atoms with E-state index in [2.05, 4.69) is 13.8 Å². The highest BCUT2D eigenvalue weighted by Crippen LogP contribution is 2.65. The van der Waals surface area contributed by atoms with E-state index in [4.69, 9.17) is 4.74 Å². The van der Waals surface area contributed by atoms with Crippen LogP contribution in [-0.4, -0.2) is 37.3 Å². The van der Waals surface area contributed by atoms with E-state index < -0.39 is 6.09 Å². The molecule has 2 fully saturated rings. The van der Waals surface area contributed by atoms with Gasteiger partial charge < -0.3 is 4.74 Å². The van der Waals surface area contributed by atoms with Crippen LogP contribution in [0.25, 0.3) is 0 Å². The molecule has 1 aliphatic heterocycles. The topological polar surface area (TPSA) is 46.6 Å². The third-order valence-corrected chi connectivity index (χ3v) is 4.58. The Balaban J connectivity index is 1.85. The van der Waals surface area contributed by atoms with Crippen molar-refractivity contribution in [1.82, 2.24) is 4.90 Å². The zero-order valence-corrected chi connectivity index (χ0v) is 12.0. The number of hydrogen-bond acceptors (Lipinski definition) is 3. The first-order valence-corrected chi connectivity index (χ1v) is 6.99. The first-order chi connectivity index (χ1) is 9.44. The van der Waals surface area contributed by atoms with Crippen LogP contribution in [0.3, 0.4) is 0 Å². The van der Waals surface area contributed by atoms with Gasteiger partial charge in [-0.1, -0.05) is 44.2 Å². The van der Waals surface area contributed by atoms with Gasteiger partial charge in [0.1, 0.15) is 14.5 Å². The average molecular weight is 271 g/mol. The zero-order chi connectivity index (χ0) is 14.5. The number of imide groups is 1. The highest BCUT2D eigenvalue weighted by Gasteiger charge is 2.64. The molecule has 0 spiro atoms. The molecule has 104 valence electrons. The molecule has 3 rings (SSSR count). The molecule has 1 saturated heterocycles. The summed E-state index contributed by atoms with van der Waals surface area (Å²) < 4.78 is 4.95. The van der Waals surface area contributed by atoms with Crippen LogP contribution in [0, 0.1) is 11.3 Å². The van der Waals surface area contributed by atoms with Gasteiger partial charge in [0.05, 0.1) is 5.92 Å². The predicted octanol–water partition coefficient (Wildman–Crippen LogP) is 1.36. The number of ether oxygens (including phenoxy) is 1. The number of nitrogens with zero attached hydrogens (tertiary/aromatic N) is 1. The Morgan fingerprint density at radius 1 is 1.35 bits per heavy atom. The van der Waals surface area contributed by atoms with Gasteiger partial charge >= 0.3 is 6.09 Å². The van der Waals surface area contributed by atoms with Gasteiger partial charge in [0.25, 0.3) is 0 Å². The Labute approximate surface area is 119 Å². The summed E-state index contributed by atoms with van der Waals surface area (Å²) in [6.45, 7) is 4.46. The summed E-state index contributed by atoms with van der Waals surface area (Å²) in [5, 5.41) is 0. The van der Waals surface area contributed by atoms with Gasteiger partial charge in [-0.2, -0.15) is 0 Å². The molecule has 20 heavy (non-hydrogen) atoms. The maximum Gasteiger partial charge on any atom is 0.416 e. The number of rotatable bonds is 2. The van der Waals surface area contributed by atoms with Crippen molar-refractivity contribution in [2.75, 3.05) is 6.61 Å². The summed E-state index contributed by atoms with van der Waals surface area (Å²) >= 11 is 0. The monoisotopic (exact) mass is 271 g/mol. The molecule has 0 unspecified atom stereocenters. The summed E-state index contributed by atoms with van der Waals surface area (Å²) in [6, 6.07) is 10.0. The molecule has 2 amide bonds. The highest BCUT2D eigenvalue weighted by atomic mass is 16.6. The summed E-state index contributed by atoms with van der Waals surface area (Å²) in [5.74, 6) is -0.225. The fourth-order valence-corrected chi connectivity index (χ4v) is 3.35. The molecule has 0 bridgehead atoms. The van der Waals surface area contributed by atoms with E-state index in [0.717, 1.165) is 5.56 Å². The molecule has 5 heteroatoms. The maximum atomic E-state index is 12.7. The lowest BCUT2D eigenvalue weighted by atomic mass is 9.96. The zero-order valence-electron chi connectivity index (χ0n) is 12.0. The van der Waals surface area contributed by atoms with E-state index in [9.17, 15) is 9.59 Å². The van der Waals surface area contributed by atoms with Gasteiger partial charge in [-0.3, -0.25) is 4.79 Å². The van der Waals surface area contributed by atoms with Gasteiger partial charge in [0, 0.05) is 11.9 Å². The first kappa shape index (κ1) is 13.2. The molecule has 1 aromatic carbocycles. The van der Waals surface area contributed by atoms with Gasteiger partial charge in [0.2, 0.25) is 5.91 Å². The minimum Gasteiger partial charge on any atom is -0.448 e. The smallest absolute Gasteiger partial charge is 0.416 e. The molecule has 1 heterocycles. The second kappa shape index (κ2) is 4.37. The van der Waals surface area contributed by atoms with Crippen molar-refractivity contribution in [2.45, 2.75) is 25.7 Å². The SMILES string of the molecule is B[C@H]1COC(=O)N1C(=O)[C@@H]1[C@@H](c2ccccc2)C1(C)C. The summed E-state index contributed by atoms with van der Waals surface area (Å²) in [6.07, 6.45) is -0.503. The number of hydrogen-bond donors (Lipinski definition) is 0. The van der Waals surface area contributed by atoms with E-state index in [1.165, 1.54) is 4.90 Å². The van der Waals surface area contributed by atoms with Crippen LogP contribution in [-0.2, 0) is 9.53 Å². The van der Waals surface area contributed by atoms with Crippen molar-refractivity contribution in [1.29, 1.82) is 0 Å². The maximum absolute atomic E-state index is 12.7. The van der Waals surface area contributed by atoms with Crippen molar-refractivity contribution >= 4 is 19.8 Å². The molecule has 1 aliphatic carbocycles. The highest BCUT2D eigenvalue weighted by molar-refractivity contribution is 6.16. The van der Waals surface area contributed by atoms with E-state index in [1.807, 2.05) is 38.2 Å². The summed E-state index contributed by atoms with van der Waals surface area (Å²) in [5.41, 5.74) is 1.05. The molecule has 0 N–H and O–H groups in total. The van der Waals surface area contributed by atoms with Crippen molar-refractivity contribution in [3.8, 4) is 0 Å². The van der Waals surface area contributed by atoms with Crippen molar-refractivity contribution in [2.24, 2.45) is 11.3 Å². The number of carbonyl (C=O) groups excluding carboxylic acids is 2. The Hall–Kier alpha value is -1.78. The molecule has 1 saturated carbocycles. The van der Waals surface area contributed by atoms with Crippen LogP contribution < -0.4 is 0 Å². The predicted molar refractivity (Wildman–Crippen MR) is 77.0 cm³/mol. The Morgan fingerprint density at radius 2 is 2.00 bits per heavy atom. The number of benzene rings is 1. The molecule has 0 aromatic heterocycles. The molecule has 3 atom stereocenters. The van der Waals surface area contributed by atoms with Crippen LogP contribution in [0.5, 0.6) is 0 Å². The summed E-state index contributed by atoms with van der Waals surface area (Å²) in [7, 11) is 1.84. The van der Waals surface area contributed by atoms with Crippen LogP contribution in [0.1, 0.15) is 25.3 Å². The largest absolute Gasteiger partial charge is 0.448 e. The molecule has 1 aromatic rings. The van der Waals surface area contributed by atoms with E-state index in [-0.39, 0.29) is 29.1 Å². The first-order valence-electron chi connectivity index (χ1n) is 6.99. The lowest BCUT2D eigenvalue weighted by Crippen LogP contribution is -2.41. The van der Waals surface area contributed by atoms with Gasteiger partial charge in [-0.25, -0.2) is 9.69 Å². The van der Waals surface area contributed by atoms with Gasteiger partial charge in [-0.15, -0.1) is 0 Å². The minimum atomic E-state index is -0.503. The Bertz CT molecular complexity index is 557. The lowest BCUT2D eigenvalue weighted by molar-refractivity contribution is -0.130. The third kappa shape index (κ3) is 1.84. The lowest BCUT2D eigenvalue weighted by Gasteiger charge is -2.16. The van der Waals surface area contributed by atoms with Gasteiger partial charge in [0.15, 0.2) is 0 Å². The Morgan fingerprint density at radius 3 is 2.55 bits per heavy atom. The second-order valence-corrected chi connectivity index (χ2v) is 6.32. The fraction of sp³-hybridized carbons (Fsp3) is 0.467.